The van der Waals surface area contributed by atoms with Gasteiger partial charge in [0.1, 0.15) is 5.60 Å². The van der Waals surface area contributed by atoms with E-state index in [0.29, 0.717) is 36.3 Å². The second kappa shape index (κ2) is 11.0. The molecule has 9 nitrogen and oxygen atoms in total. The molecule has 0 radical (unpaired) electrons. The lowest BCUT2D eigenvalue weighted by atomic mass is 10.1. The molecule has 2 amide bonds. The van der Waals surface area contributed by atoms with Gasteiger partial charge in [-0.1, -0.05) is 11.6 Å². The first kappa shape index (κ1) is 29.0. The summed E-state index contributed by atoms with van der Waals surface area (Å²) < 4.78 is 45.9. The van der Waals surface area contributed by atoms with Crippen molar-refractivity contribution in [1.29, 1.82) is 0 Å². The average Bonchev–Trinajstić information content (AvgIpc) is 2.82. The summed E-state index contributed by atoms with van der Waals surface area (Å²) in [6.07, 6.45) is 0.625. The van der Waals surface area contributed by atoms with Crippen LogP contribution in [0.4, 0.5) is 26.2 Å². The van der Waals surface area contributed by atoms with E-state index in [2.05, 4.69) is 21.2 Å². The van der Waals surface area contributed by atoms with Gasteiger partial charge in [-0.2, -0.15) is 0 Å². The summed E-state index contributed by atoms with van der Waals surface area (Å²) in [5, 5.41) is 2.29. The smallest absolute Gasteiger partial charge is 0.410 e. The van der Waals surface area contributed by atoms with Gasteiger partial charge in [0.25, 0.3) is 5.91 Å². The number of anilines is 3. The summed E-state index contributed by atoms with van der Waals surface area (Å²) in [5.41, 5.74) is 0.0471. The van der Waals surface area contributed by atoms with E-state index in [0.717, 1.165) is 10.6 Å². The summed E-state index contributed by atoms with van der Waals surface area (Å²) in [6, 6.07) is 7.62. The molecule has 2 aromatic carbocycles. The summed E-state index contributed by atoms with van der Waals surface area (Å²) in [6.45, 7) is 7.16. The number of benzene rings is 2. The number of hydrogen-bond donors (Lipinski definition) is 1. The number of piperazine rings is 1. The van der Waals surface area contributed by atoms with E-state index in [1.165, 1.54) is 25.2 Å². The maximum absolute atomic E-state index is 14.6. The molecule has 1 heterocycles. The van der Waals surface area contributed by atoms with Crippen molar-refractivity contribution in [2.24, 2.45) is 0 Å². The Balaban J connectivity index is 1.89. The molecule has 0 spiro atoms. The number of ether oxygens (including phenoxy) is 1. The normalized spacial score (nSPS) is 14.4. The molecule has 3 rings (SSSR count). The molecule has 1 aliphatic heterocycles. The molecule has 0 atom stereocenters. The Morgan fingerprint density at radius 3 is 2.32 bits per heavy atom. The molecule has 37 heavy (non-hydrogen) atoms. The lowest BCUT2D eigenvalue weighted by molar-refractivity contribution is 0.0240. The minimum Gasteiger partial charge on any atom is -0.444 e. The highest BCUT2D eigenvalue weighted by Crippen LogP contribution is 2.32. The Bertz CT molecular complexity index is 1310. The van der Waals surface area contributed by atoms with Crippen LogP contribution >= 0.6 is 27.5 Å². The molecule has 0 bridgehead atoms. The number of carbonyl (C=O) groups is 2. The van der Waals surface area contributed by atoms with Crippen LogP contribution in [0.25, 0.3) is 0 Å². The van der Waals surface area contributed by atoms with Gasteiger partial charge in [0.2, 0.25) is 10.0 Å². The van der Waals surface area contributed by atoms with Crippen LogP contribution in [0.1, 0.15) is 31.1 Å². The third-order valence-corrected chi connectivity index (χ3v) is 8.09. The minimum atomic E-state index is -3.69. The van der Waals surface area contributed by atoms with Crippen LogP contribution in [0, 0.1) is 5.82 Å². The highest BCUT2D eigenvalue weighted by Gasteiger charge is 2.28. The SMILES string of the molecule is CN(c1ccc(N2CCN(C(=O)OC(C)(C)C)CC2)cc1C(=O)Nc1ccc(Br)c(Cl)c1F)S(C)(=O)=O. The van der Waals surface area contributed by atoms with E-state index < -0.39 is 33.4 Å². The number of carbonyl (C=O) groups excluding carboxylic acids is 2. The molecule has 0 saturated carbocycles. The largest absolute Gasteiger partial charge is 0.444 e. The van der Waals surface area contributed by atoms with E-state index in [1.54, 1.807) is 37.8 Å². The van der Waals surface area contributed by atoms with Crippen LogP contribution in [0.15, 0.2) is 34.8 Å². The van der Waals surface area contributed by atoms with Gasteiger partial charge >= 0.3 is 6.09 Å². The van der Waals surface area contributed by atoms with E-state index in [4.69, 9.17) is 16.3 Å². The van der Waals surface area contributed by atoms with Gasteiger partial charge < -0.3 is 19.9 Å². The van der Waals surface area contributed by atoms with Crippen LogP contribution in [0.3, 0.4) is 0 Å². The Labute approximate surface area is 229 Å². The monoisotopic (exact) mass is 618 g/mol. The van der Waals surface area contributed by atoms with Crippen molar-refractivity contribution >= 4 is 66.6 Å². The predicted octanol–water partition coefficient (Wildman–Crippen LogP) is 4.95. The Hall–Kier alpha value is -2.57. The van der Waals surface area contributed by atoms with Crippen molar-refractivity contribution in [2.75, 3.05) is 54.0 Å². The molecule has 1 aliphatic rings. The number of rotatable bonds is 5. The second-order valence-corrected chi connectivity index (χ2v) is 12.8. The zero-order valence-electron chi connectivity index (χ0n) is 21.1. The van der Waals surface area contributed by atoms with Crippen molar-refractivity contribution in [3.05, 3.63) is 51.2 Å². The van der Waals surface area contributed by atoms with Crippen LogP contribution in [0.5, 0.6) is 0 Å². The zero-order chi connectivity index (χ0) is 27.7. The van der Waals surface area contributed by atoms with Crippen LogP contribution in [0.2, 0.25) is 5.02 Å². The van der Waals surface area contributed by atoms with Crippen molar-refractivity contribution in [3.8, 4) is 0 Å². The van der Waals surface area contributed by atoms with Crippen molar-refractivity contribution in [3.63, 3.8) is 0 Å². The standard InChI is InChI=1S/C24H29BrClFN4O5S/c1-24(2,3)36-23(33)31-12-10-30(11-13-31)15-6-9-19(29(4)37(5,34)35)16(14-15)22(32)28-18-8-7-17(25)20(26)21(18)27/h6-9,14H,10-13H2,1-5H3,(H,28,32). The second-order valence-electron chi connectivity index (χ2n) is 9.56. The molecule has 0 unspecified atom stereocenters. The molecule has 1 fully saturated rings. The number of halogens is 3. The summed E-state index contributed by atoms with van der Waals surface area (Å²) in [4.78, 5) is 29.3. The third kappa shape index (κ3) is 7.05. The maximum Gasteiger partial charge on any atom is 0.410 e. The molecule has 1 N–H and O–H groups in total. The molecular weight excluding hydrogens is 591 g/mol. The molecule has 2 aromatic rings. The van der Waals surface area contributed by atoms with E-state index in [-0.39, 0.29) is 22.0 Å². The van der Waals surface area contributed by atoms with E-state index in [9.17, 15) is 22.4 Å². The van der Waals surface area contributed by atoms with Gasteiger partial charge in [0.05, 0.1) is 28.2 Å². The molecular formula is C24H29BrClFN4O5S. The number of nitrogens with one attached hydrogen (secondary N) is 1. The van der Waals surface area contributed by atoms with Gasteiger partial charge in [-0.3, -0.25) is 9.10 Å². The molecule has 0 aliphatic carbocycles. The number of hydrogen-bond acceptors (Lipinski definition) is 6. The Morgan fingerprint density at radius 2 is 1.76 bits per heavy atom. The van der Waals surface area contributed by atoms with E-state index >= 15 is 0 Å². The van der Waals surface area contributed by atoms with Crippen LogP contribution in [-0.2, 0) is 14.8 Å². The molecule has 13 heteroatoms. The number of amides is 2. The van der Waals surface area contributed by atoms with Gasteiger partial charge in [-0.15, -0.1) is 0 Å². The van der Waals surface area contributed by atoms with Gasteiger partial charge in [-0.05, 0) is 67.0 Å². The average molecular weight is 620 g/mol. The maximum atomic E-state index is 14.6. The Kier molecular flexibility index (Phi) is 8.65. The third-order valence-electron chi connectivity index (χ3n) is 5.64. The summed E-state index contributed by atoms with van der Waals surface area (Å²) in [7, 11) is -2.36. The van der Waals surface area contributed by atoms with Crippen molar-refractivity contribution < 1.29 is 27.1 Å². The predicted molar refractivity (Wildman–Crippen MR) is 147 cm³/mol. The van der Waals surface area contributed by atoms with E-state index in [1.807, 2.05) is 4.90 Å². The summed E-state index contributed by atoms with van der Waals surface area (Å²) in [5.74, 6) is -1.53. The van der Waals surface area contributed by atoms with Crippen molar-refractivity contribution in [1.82, 2.24) is 4.90 Å². The molecule has 0 aromatic heterocycles. The highest BCUT2D eigenvalue weighted by atomic mass is 79.9. The van der Waals surface area contributed by atoms with Gasteiger partial charge in [-0.25, -0.2) is 17.6 Å². The number of nitrogens with zero attached hydrogens (tertiary/aromatic N) is 3. The lowest BCUT2D eigenvalue weighted by Gasteiger charge is -2.37. The van der Waals surface area contributed by atoms with Crippen LogP contribution in [-0.4, -0.2) is 70.4 Å². The number of sulfonamides is 1. The van der Waals surface area contributed by atoms with Crippen molar-refractivity contribution in [2.45, 2.75) is 26.4 Å². The first-order chi connectivity index (χ1) is 17.1. The lowest BCUT2D eigenvalue weighted by Crippen LogP contribution is -2.50. The molecule has 202 valence electrons. The zero-order valence-corrected chi connectivity index (χ0v) is 24.3. The van der Waals surface area contributed by atoms with Crippen LogP contribution < -0.4 is 14.5 Å². The fourth-order valence-electron chi connectivity index (χ4n) is 3.64. The first-order valence-electron chi connectivity index (χ1n) is 11.3. The van der Waals surface area contributed by atoms with Gasteiger partial charge in [0, 0.05) is 43.4 Å². The Morgan fingerprint density at radius 1 is 1.14 bits per heavy atom. The first-order valence-corrected chi connectivity index (χ1v) is 14.4. The summed E-state index contributed by atoms with van der Waals surface area (Å²) >= 11 is 9.07. The fraction of sp³-hybridized carbons (Fsp3) is 0.417. The fourth-order valence-corrected chi connectivity index (χ4v) is 4.63. The van der Waals surface area contributed by atoms with Gasteiger partial charge in [0.15, 0.2) is 5.82 Å². The quantitative estimate of drug-likeness (QED) is 0.476. The highest BCUT2D eigenvalue weighted by molar-refractivity contribution is 9.10. The topological polar surface area (TPSA) is 99.3 Å². The minimum absolute atomic E-state index is 0.0263. The molecule has 1 saturated heterocycles.